The number of nitrogens with one attached hydrogen (secondary N) is 1. The molecule has 0 spiro atoms. The minimum Gasteiger partial charge on any atom is -0.459 e. The van der Waals surface area contributed by atoms with Gasteiger partial charge >= 0.3 is 5.97 Å². The Morgan fingerprint density at radius 3 is 2.43 bits per heavy atom. The van der Waals surface area contributed by atoms with Crippen molar-refractivity contribution in [3.8, 4) is 0 Å². The number of carbonyl (C=O) groups is 1. The van der Waals surface area contributed by atoms with Gasteiger partial charge in [0.15, 0.2) is 0 Å². The highest BCUT2D eigenvalue weighted by Gasteiger charge is 2.45. The molecule has 1 aliphatic heterocycles. The zero-order valence-corrected chi connectivity index (χ0v) is 9.22. The Labute approximate surface area is 85.5 Å². The maximum Gasteiger partial charge on any atom is 0.315 e. The van der Waals surface area contributed by atoms with Crippen molar-refractivity contribution < 1.29 is 9.53 Å². The van der Waals surface area contributed by atoms with Crippen LogP contribution in [0.25, 0.3) is 0 Å². The van der Waals surface area contributed by atoms with Gasteiger partial charge in [-0.25, -0.2) is 0 Å². The number of esters is 1. The maximum absolute atomic E-state index is 11.8. The fourth-order valence-electron chi connectivity index (χ4n) is 1.46. The summed E-state index contributed by atoms with van der Waals surface area (Å²) in [5.41, 5.74) is -0.754. The van der Waals surface area contributed by atoms with Crippen LogP contribution in [0.1, 0.15) is 27.2 Å². The predicted octanol–water partition coefficient (Wildman–Crippen LogP) is 1.49. The Kier molecular flexibility index (Phi) is 3.00. The second-order valence-electron chi connectivity index (χ2n) is 4.88. The minimum absolute atomic E-state index is 0.108. The van der Waals surface area contributed by atoms with E-state index in [9.17, 15) is 4.79 Å². The van der Waals surface area contributed by atoms with E-state index in [0.29, 0.717) is 19.5 Å². The largest absolute Gasteiger partial charge is 0.459 e. The summed E-state index contributed by atoms with van der Waals surface area (Å²) in [4.78, 5) is 11.8. The van der Waals surface area contributed by atoms with Crippen LogP contribution in [0.4, 0.5) is 0 Å². The van der Waals surface area contributed by atoms with E-state index in [1.807, 2.05) is 20.8 Å². The molecule has 0 aromatic carbocycles. The van der Waals surface area contributed by atoms with E-state index in [4.69, 9.17) is 4.74 Å². The van der Waals surface area contributed by atoms with Gasteiger partial charge in [0.1, 0.15) is 5.60 Å². The van der Waals surface area contributed by atoms with Crippen LogP contribution in [0.15, 0.2) is 12.7 Å². The summed E-state index contributed by atoms with van der Waals surface area (Å²) in [6, 6.07) is 0. The summed E-state index contributed by atoms with van der Waals surface area (Å²) in [6.07, 6.45) is 2.47. The molecule has 0 radical (unpaired) electrons. The van der Waals surface area contributed by atoms with Crippen molar-refractivity contribution in [2.45, 2.75) is 32.8 Å². The first-order valence-electron chi connectivity index (χ1n) is 4.95. The predicted molar refractivity (Wildman–Crippen MR) is 56.0 cm³/mol. The highest BCUT2D eigenvalue weighted by Crippen LogP contribution is 2.30. The first-order valence-corrected chi connectivity index (χ1v) is 4.95. The van der Waals surface area contributed by atoms with Gasteiger partial charge in [-0.3, -0.25) is 4.79 Å². The Morgan fingerprint density at radius 1 is 1.57 bits per heavy atom. The molecule has 0 bridgehead atoms. The summed E-state index contributed by atoms with van der Waals surface area (Å²) in [5, 5.41) is 3.10. The molecule has 0 aliphatic carbocycles. The summed E-state index contributed by atoms with van der Waals surface area (Å²) < 4.78 is 5.37. The molecule has 1 saturated heterocycles. The molecule has 3 heteroatoms. The maximum atomic E-state index is 11.8. The van der Waals surface area contributed by atoms with Crippen LogP contribution in [-0.2, 0) is 9.53 Å². The minimum atomic E-state index is -0.402. The van der Waals surface area contributed by atoms with Crippen molar-refractivity contribution in [3.63, 3.8) is 0 Å². The van der Waals surface area contributed by atoms with Crippen molar-refractivity contribution in [2.75, 3.05) is 13.1 Å². The van der Waals surface area contributed by atoms with Gasteiger partial charge in [-0.15, -0.1) is 6.58 Å². The molecule has 0 atom stereocenters. The normalized spacial score (nSPS) is 19.6. The lowest BCUT2D eigenvalue weighted by Crippen LogP contribution is -2.59. The van der Waals surface area contributed by atoms with E-state index < -0.39 is 5.60 Å². The first-order chi connectivity index (χ1) is 6.40. The van der Waals surface area contributed by atoms with Crippen molar-refractivity contribution in [3.05, 3.63) is 12.7 Å². The Morgan fingerprint density at radius 2 is 2.14 bits per heavy atom. The molecule has 0 saturated carbocycles. The lowest BCUT2D eigenvalue weighted by molar-refractivity contribution is -0.170. The topological polar surface area (TPSA) is 38.3 Å². The Hall–Kier alpha value is -0.830. The van der Waals surface area contributed by atoms with Gasteiger partial charge in [0.2, 0.25) is 0 Å². The van der Waals surface area contributed by atoms with E-state index >= 15 is 0 Å². The molecular formula is C11H19NO2. The molecule has 0 aromatic heterocycles. The lowest BCUT2D eigenvalue weighted by Gasteiger charge is -2.41. The zero-order chi connectivity index (χ0) is 10.8. The number of rotatable bonds is 3. The molecule has 0 amide bonds. The zero-order valence-electron chi connectivity index (χ0n) is 9.22. The molecule has 1 rings (SSSR count). The third-order valence-electron chi connectivity index (χ3n) is 2.29. The van der Waals surface area contributed by atoms with Crippen LogP contribution in [0.3, 0.4) is 0 Å². The summed E-state index contributed by atoms with van der Waals surface area (Å²) in [5.74, 6) is -0.108. The molecule has 1 aliphatic rings. The Balaban J connectivity index is 2.61. The third-order valence-corrected chi connectivity index (χ3v) is 2.29. The molecular weight excluding hydrogens is 178 g/mol. The molecule has 80 valence electrons. The van der Waals surface area contributed by atoms with Crippen LogP contribution in [-0.4, -0.2) is 24.7 Å². The highest BCUT2D eigenvalue weighted by molar-refractivity contribution is 5.79. The van der Waals surface area contributed by atoms with Gasteiger partial charge in [0, 0.05) is 13.1 Å². The molecule has 0 aromatic rings. The van der Waals surface area contributed by atoms with E-state index in [0.717, 1.165) is 0 Å². The molecule has 1 N–H and O–H groups in total. The molecule has 0 unspecified atom stereocenters. The smallest absolute Gasteiger partial charge is 0.315 e. The second-order valence-corrected chi connectivity index (χ2v) is 4.88. The number of hydrogen-bond acceptors (Lipinski definition) is 3. The monoisotopic (exact) mass is 197 g/mol. The third kappa shape index (κ3) is 2.35. The highest BCUT2D eigenvalue weighted by atomic mass is 16.6. The SMILES string of the molecule is C=CCC1(C(=O)OC(C)(C)C)CNC1. The van der Waals surface area contributed by atoms with Crippen LogP contribution in [0, 0.1) is 5.41 Å². The average Bonchev–Trinajstić information content (AvgIpc) is 1.92. The number of ether oxygens (including phenoxy) is 1. The fraction of sp³-hybridized carbons (Fsp3) is 0.727. The summed E-state index contributed by atoms with van der Waals surface area (Å²) in [6.45, 7) is 10.7. The molecule has 14 heavy (non-hydrogen) atoms. The molecule has 1 heterocycles. The van der Waals surface area contributed by atoms with E-state index in [1.54, 1.807) is 6.08 Å². The van der Waals surface area contributed by atoms with Crippen molar-refractivity contribution in [1.29, 1.82) is 0 Å². The standard InChI is InChI=1S/C11H19NO2/c1-5-6-11(7-12-8-11)9(13)14-10(2,3)4/h5,12H,1,6-8H2,2-4H3. The van der Waals surface area contributed by atoms with Gasteiger partial charge in [0.05, 0.1) is 5.41 Å². The van der Waals surface area contributed by atoms with Crippen molar-refractivity contribution in [1.82, 2.24) is 5.32 Å². The summed E-state index contributed by atoms with van der Waals surface area (Å²) >= 11 is 0. The van der Waals surface area contributed by atoms with Crippen molar-refractivity contribution >= 4 is 5.97 Å². The van der Waals surface area contributed by atoms with E-state index in [1.165, 1.54) is 0 Å². The van der Waals surface area contributed by atoms with Crippen LogP contribution in [0.5, 0.6) is 0 Å². The average molecular weight is 197 g/mol. The fourth-order valence-corrected chi connectivity index (χ4v) is 1.46. The van der Waals surface area contributed by atoms with E-state index in [-0.39, 0.29) is 11.4 Å². The quantitative estimate of drug-likeness (QED) is 0.550. The molecule has 3 nitrogen and oxygen atoms in total. The van der Waals surface area contributed by atoms with Crippen molar-refractivity contribution in [2.24, 2.45) is 5.41 Å². The van der Waals surface area contributed by atoms with Gasteiger partial charge in [-0.05, 0) is 27.2 Å². The first kappa shape index (κ1) is 11.2. The Bertz CT molecular complexity index is 236. The lowest BCUT2D eigenvalue weighted by atomic mass is 9.78. The van der Waals surface area contributed by atoms with Crippen LogP contribution < -0.4 is 5.32 Å². The van der Waals surface area contributed by atoms with E-state index in [2.05, 4.69) is 11.9 Å². The van der Waals surface area contributed by atoms with Gasteiger partial charge < -0.3 is 10.1 Å². The van der Waals surface area contributed by atoms with Gasteiger partial charge in [-0.2, -0.15) is 0 Å². The number of allylic oxidation sites excluding steroid dienone is 1. The number of carbonyl (C=O) groups excluding carboxylic acids is 1. The van der Waals surface area contributed by atoms with Crippen LogP contribution >= 0.6 is 0 Å². The number of hydrogen-bond donors (Lipinski definition) is 1. The second kappa shape index (κ2) is 3.73. The summed E-state index contributed by atoms with van der Waals surface area (Å²) in [7, 11) is 0. The van der Waals surface area contributed by atoms with Crippen LogP contribution in [0.2, 0.25) is 0 Å². The molecule has 1 fully saturated rings. The van der Waals surface area contributed by atoms with Gasteiger partial charge in [0.25, 0.3) is 0 Å². The van der Waals surface area contributed by atoms with Gasteiger partial charge in [-0.1, -0.05) is 6.08 Å².